The lowest BCUT2D eigenvalue weighted by Crippen LogP contribution is -2.27. The van der Waals surface area contributed by atoms with Crippen molar-refractivity contribution in [1.82, 2.24) is 4.90 Å². The van der Waals surface area contributed by atoms with E-state index < -0.39 is 6.61 Å². The van der Waals surface area contributed by atoms with Crippen LogP contribution >= 0.6 is 11.8 Å². The highest BCUT2D eigenvalue weighted by Crippen LogP contribution is 2.19. The van der Waals surface area contributed by atoms with Crippen LogP contribution in [0.3, 0.4) is 0 Å². The zero-order chi connectivity index (χ0) is 17.5. The first kappa shape index (κ1) is 18.3. The fourth-order valence-electron chi connectivity index (χ4n) is 2.03. The predicted octanol–water partition coefficient (Wildman–Crippen LogP) is 4.35. The summed E-state index contributed by atoms with van der Waals surface area (Å²) >= 11 is 1.49. The Morgan fingerprint density at radius 1 is 1.12 bits per heavy atom. The van der Waals surface area contributed by atoms with Crippen molar-refractivity contribution in [3.8, 4) is 5.75 Å². The summed E-state index contributed by atoms with van der Waals surface area (Å²) in [5.41, 5.74) is 2.04. The normalized spacial score (nSPS) is 10.7. The fourth-order valence-corrected chi connectivity index (χ4v) is 2.87. The maximum absolute atomic E-state index is 12.2. The number of nitrogens with zero attached hydrogens (tertiary/aromatic N) is 1. The molecule has 1 amide bonds. The molecule has 2 aromatic rings. The molecule has 0 saturated heterocycles. The van der Waals surface area contributed by atoms with Crippen molar-refractivity contribution >= 4 is 17.7 Å². The van der Waals surface area contributed by atoms with E-state index in [0.29, 0.717) is 12.3 Å². The van der Waals surface area contributed by atoms with Crippen molar-refractivity contribution < 1.29 is 18.3 Å². The highest BCUT2D eigenvalue weighted by Gasteiger charge is 2.10. The van der Waals surface area contributed by atoms with E-state index in [1.807, 2.05) is 31.2 Å². The van der Waals surface area contributed by atoms with Gasteiger partial charge in [0.2, 0.25) is 5.91 Å². The number of alkyl halides is 2. The Bertz CT molecular complexity index is 660. The Morgan fingerprint density at radius 3 is 2.33 bits per heavy atom. The summed E-state index contributed by atoms with van der Waals surface area (Å²) in [7, 11) is 1.72. The molecule has 0 N–H and O–H groups in total. The van der Waals surface area contributed by atoms with E-state index in [2.05, 4.69) is 4.74 Å². The van der Waals surface area contributed by atoms with Crippen molar-refractivity contribution in [2.75, 3.05) is 12.8 Å². The van der Waals surface area contributed by atoms with Gasteiger partial charge in [0, 0.05) is 18.5 Å². The predicted molar refractivity (Wildman–Crippen MR) is 91.5 cm³/mol. The van der Waals surface area contributed by atoms with E-state index in [1.54, 1.807) is 24.1 Å². The number of hydrogen-bond donors (Lipinski definition) is 0. The lowest BCUT2D eigenvalue weighted by molar-refractivity contribution is -0.127. The molecule has 0 aromatic heterocycles. The van der Waals surface area contributed by atoms with Gasteiger partial charge in [0.05, 0.1) is 5.75 Å². The van der Waals surface area contributed by atoms with Gasteiger partial charge in [-0.25, -0.2) is 0 Å². The number of benzene rings is 2. The van der Waals surface area contributed by atoms with Crippen LogP contribution in [-0.4, -0.2) is 30.2 Å². The second-order valence-corrected chi connectivity index (χ2v) is 6.42. The van der Waals surface area contributed by atoms with E-state index in [9.17, 15) is 13.6 Å². The minimum atomic E-state index is -2.83. The van der Waals surface area contributed by atoms with E-state index in [4.69, 9.17) is 0 Å². The highest BCUT2D eigenvalue weighted by atomic mass is 32.2. The molecule has 0 aliphatic carbocycles. The molecule has 2 aromatic carbocycles. The third kappa shape index (κ3) is 5.85. The van der Waals surface area contributed by atoms with Gasteiger partial charge in [-0.2, -0.15) is 8.78 Å². The summed E-state index contributed by atoms with van der Waals surface area (Å²) < 4.78 is 28.5. The first-order chi connectivity index (χ1) is 11.4. The van der Waals surface area contributed by atoms with Crippen LogP contribution in [0.1, 0.15) is 11.1 Å². The Hall–Kier alpha value is -2.08. The standard InChI is InChI=1S/C18H19F2NO2S/c1-13-3-9-16(10-4-13)24-12-17(22)21(2)11-14-5-7-15(8-6-14)23-18(19)20/h3-10,18H,11-12H2,1-2H3. The Balaban J connectivity index is 1.83. The van der Waals surface area contributed by atoms with Crippen LogP contribution in [-0.2, 0) is 11.3 Å². The second-order valence-electron chi connectivity index (χ2n) is 5.37. The highest BCUT2D eigenvalue weighted by molar-refractivity contribution is 8.00. The molecule has 0 radical (unpaired) electrons. The molecule has 0 saturated carbocycles. The third-order valence-electron chi connectivity index (χ3n) is 3.38. The molecule has 0 atom stereocenters. The maximum atomic E-state index is 12.2. The number of thioether (sulfide) groups is 1. The van der Waals surface area contributed by atoms with Crippen molar-refractivity contribution in [3.63, 3.8) is 0 Å². The summed E-state index contributed by atoms with van der Waals surface area (Å²) in [4.78, 5) is 14.8. The van der Waals surface area contributed by atoms with Crippen LogP contribution in [0.2, 0.25) is 0 Å². The third-order valence-corrected chi connectivity index (χ3v) is 4.37. The molecule has 0 bridgehead atoms. The molecular weight excluding hydrogens is 332 g/mol. The molecule has 0 aliphatic heterocycles. The van der Waals surface area contributed by atoms with Crippen molar-refractivity contribution in [2.24, 2.45) is 0 Å². The number of halogens is 2. The Labute approximate surface area is 144 Å². The van der Waals surface area contributed by atoms with Gasteiger partial charge in [-0.1, -0.05) is 29.8 Å². The first-order valence-electron chi connectivity index (χ1n) is 7.41. The molecule has 3 nitrogen and oxygen atoms in total. The number of hydrogen-bond acceptors (Lipinski definition) is 3. The quantitative estimate of drug-likeness (QED) is 0.695. The number of rotatable bonds is 7. The topological polar surface area (TPSA) is 29.5 Å². The molecule has 128 valence electrons. The largest absolute Gasteiger partial charge is 0.435 e. The zero-order valence-corrected chi connectivity index (χ0v) is 14.4. The van der Waals surface area contributed by atoms with Crippen LogP contribution in [0.5, 0.6) is 5.75 Å². The van der Waals surface area contributed by atoms with Gasteiger partial charge in [-0.15, -0.1) is 11.8 Å². The van der Waals surface area contributed by atoms with Crippen molar-refractivity contribution in [3.05, 3.63) is 59.7 Å². The number of aryl methyl sites for hydroxylation is 1. The van der Waals surface area contributed by atoms with Crippen molar-refractivity contribution in [2.45, 2.75) is 25.0 Å². The van der Waals surface area contributed by atoms with Crippen molar-refractivity contribution in [1.29, 1.82) is 0 Å². The average Bonchev–Trinajstić information content (AvgIpc) is 2.55. The van der Waals surface area contributed by atoms with E-state index in [1.165, 1.54) is 29.5 Å². The lowest BCUT2D eigenvalue weighted by Gasteiger charge is -2.17. The van der Waals surface area contributed by atoms with Gasteiger partial charge in [-0.05, 0) is 36.8 Å². The molecule has 0 fully saturated rings. The average molecular weight is 351 g/mol. The number of amides is 1. The van der Waals surface area contributed by atoms with E-state index in [0.717, 1.165) is 10.5 Å². The summed E-state index contributed by atoms with van der Waals surface area (Å²) in [6.07, 6.45) is 0. The van der Waals surface area contributed by atoms with Gasteiger partial charge >= 0.3 is 6.61 Å². The molecule has 2 rings (SSSR count). The number of carbonyl (C=O) groups is 1. The Kier molecular flexibility index (Phi) is 6.61. The molecule has 6 heteroatoms. The zero-order valence-electron chi connectivity index (χ0n) is 13.5. The monoisotopic (exact) mass is 351 g/mol. The van der Waals surface area contributed by atoms with Gasteiger partial charge in [0.25, 0.3) is 0 Å². The summed E-state index contributed by atoms with van der Waals surface area (Å²) in [5.74, 6) is 0.470. The summed E-state index contributed by atoms with van der Waals surface area (Å²) in [5, 5.41) is 0. The van der Waals surface area contributed by atoms with Crippen LogP contribution in [0, 0.1) is 6.92 Å². The number of ether oxygens (including phenoxy) is 1. The molecule has 0 aliphatic rings. The van der Waals surface area contributed by atoms with E-state index in [-0.39, 0.29) is 11.7 Å². The summed E-state index contributed by atoms with van der Waals surface area (Å²) in [6.45, 7) is -0.397. The van der Waals surface area contributed by atoms with Crippen LogP contribution in [0.4, 0.5) is 8.78 Å². The molecular formula is C18H19F2NO2S. The van der Waals surface area contributed by atoms with Gasteiger partial charge in [0.15, 0.2) is 0 Å². The first-order valence-corrected chi connectivity index (χ1v) is 8.40. The van der Waals surface area contributed by atoms with Crippen LogP contribution in [0.25, 0.3) is 0 Å². The smallest absolute Gasteiger partial charge is 0.387 e. The number of carbonyl (C=O) groups excluding carboxylic acids is 1. The Morgan fingerprint density at radius 2 is 1.75 bits per heavy atom. The fraction of sp³-hybridized carbons (Fsp3) is 0.278. The van der Waals surface area contributed by atoms with E-state index >= 15 is 0 Å². The molecule has 0 unspecified atom stereocenters. The molecule has 24 heavy (non-hydrogen) atoms. The van der Waals surface area contributed by atoms with Gasteiger partial charge in [0.1, 0.15) is 5.75 Å². The van der Waals surface area contributed by atoms with Gasteiger partial charge in [-0.3, -0.25) is 4.79 Å². The summed E-state index contributed by atoms with van der Waals surface area (Å²) in [6, 6.07) is 14.3. The molecule has 0 spiro atoms. The molecule has 0 heterocycles. The minimum Gasteiger partial charge on any atom is -0.435 e. The maximum Gasteiger partial charge on any atom is 0.387 e. The van der Waals surface area contributed by atoms with Crippen LogP contribution < -0.4 is 4.74 Å². The van der Waals surface area contributed by atoms with Gasteiger partial charge < -0.3 is 9.64 Å². The lowest BCUT2D eigenvalue weighted by atomic mass is 10.2. The second kappa shape index (κ2) is 8.68. The SMILES string of the molecule is Cc1ccc(SCC(=O)N(C)Cc2ccc(OC(F)F)cc2)cc1. The van der Waals surface area contributed by atoms with Crippen LogP contribution in [0.15, 0.2) is 53.4 Å². The minimum absolute atomic E-state index is 0.00785.